The summed E-state index contributed by atoms with van der Waals surface area (Å²) in [5.74, 6) is -3.74. The molecule has 0 spiro atoms. The van der Waals surface area contributed by atoms with Gasteiger partial charge in [0.05, 0.1) is 30.5 Å². The van der Waals surface area contributed by atoms with Gasteiger partial charge in [-0.2, -0.15) is 23.5 Å². The molecule has 53 heavy (non-hydrogen) atoms. The summed E-state index contributed by atoms with van der Waals surface area (Å²) in [4.78, 5) is 47.6. The molecule has 1 saturated heterocycles. The molecule has 276 valence electrons. The van der Waals surface area contributed by atoms with Gasteiger partial charge in [0.1, 0.15) is 23.7 Å². The SMILES string of the molecule is CCN1C(=O)[C@@H](NC(=O)c2cccc(C(F)(F)F)c2)[C@@H](c2ccc(F)cc2)c2c(C(=O)N(C)[C@H](C#N)CCN3CCOCC3)nn(-c3ccccc3)c21. The van der Waals surface area contributed by atoms with Gasteiger partial charge in [0.2, 0.25) is 0 Å². The van der Waals surface area contributed by atoms with Crippen molar-refractivity contribution in [3.8, 4) is 11.8 Å². The molecule has 15 heteroatoms. The Labute approximate surface area is 303 Å². The van der Waals surface area contributed by atoms with Crippen molar-refractivity contribution in [1.29, 1.82) is 5.26 Å². The number of nitriles is 1. The van der Waals surface area contributed by atoms with Crippen molar-refractivity contribution in [3.63, 3.8) is 0 Å². The molecule has 3 amide bonds. The molecule has 3 aromatic carbocycles. The number of rotatable bonds is 10. The lowest BCUT2D eigenvalue weighted by Crippen LogP contribution is -2.55. The molecule has 11 nitrogen and oxygen atoms in total. The summed E-state index contributed by atoms with van der Waals surface area (Å²) in [6.07, 6.45) is -4.39. The van der Waals surface area contributed by atoms with E-state index in [-0.39, 0.29) is 29.2 Å². The number of likely N-dealkylation sites (N-methyl/N-ethyl adjacent to an activating group) is 1. The predicted molar refractivity (Wildman–Crippen MR) is 186 cm³/mol. The number of morpholine rings is 1. The maximum atomic E-state index is 14.6. The molecule has 2 aliphatic heterocycles. The Kier molecular flexibility index (Phi) is 10.9. The summed E-state index contributed by atoms with van der Waals surface area (Å²) in [7, 11) is 1.49. The Morgan fingerprint density at radius 3 is 2.40 bits per heavy atom. The zero-order valence-corrected chi connectivity index (χ0v) is 29.0. The van der Waals surface area contributed by atoms with E-state index in [1.54, 1.807) is 37.3 Å². The Morgan fingerprint density at radius 1 is 1.06 bits per heavy atom. The number of carbonyl (C=O) groups excluding carboxylic acids is 3. The van der Waals surface area contributed by atoms with Crippen molar-refractivity contribution in [2.45, 2.75) is 37.5 Å². The van der Waals surface area contributed by atoms with E-state index in [9.17, 15) is 37.2 Å². The molecule has 1 aromatic heterocycles. The highest BCUT2D eigenvalue weighted by molar-refractivity contribution is 6.07. The fraction of sp³-hybridized carbons (Fsp3) is 0.342. The van der Waals surface area contributed by atoms with E-state index in [0.29, 0.717) is 56.6 Å². The van der Waals surface area contributed by atoms with Crippen LogP contribution in [-0.4, -0.2) is 95.8 Å². The fourth-order valence-electron chi connectivity index (χ4n) is 6.78. The van der Waals surface area contributed by atoms with Gasteiger partial charge in [-0.15, -0.1) is 0 Å². The molecule has 0 bridgehead atoms. The lowest BCUT2D eigenvalue weighted by molar-refractivity contribution is -0.137. The molecule has 3 heterocycles. The fourth-order valence-corrected chi connectivity index (χ4v) is 6.78. The minimum atomic E-state index is -4.72. The summed E-state index contributed by atoms with van der Waals surface area (Å²) < 4.78 is 62.0. The topological polar surface area (TPSA) is 124 Å². The van der Waals surface area contributed by atoms with Gasteiger partial charge in [-0.05, 0) is 61.4 Å². The highest BCUT2D eigenvalue weighted by Gasteiger charge is 2.48. The van der Waals surface area contributed by atoms with Crippen molar-refractivity contribution in [2.75, 3.05) is 51.3 Å². The van der Waals surface area contributed by atoms with Crippen LogP contribution in [0, 0.1) is 17.1 Å². The first kappa shape index (κ1) is 37.2. The van der Waals surface area contributed by atoms with Crippen molar-refractivity contribution in [1.82, 2.24) is 24.9 Å². The van der Waals surface area contributed by atoms with Gasteiger partial charge in [0, 0.05) is 50.3 Å². The molecular weight excluding hydrogens is 694 g/mol. The molecule has 4 aromatic rings. The van der Waals surface area contributed by atoms with Gasteiger partial charge in [-0.3, -0.25) is 24.2 Å². The quantitative estimate of drug-likeness (QED) is 0.228. The Balaban J connectivity index is 1.49. The highest BCUT2D eigenvalue weighted by atomic mass is 19.4. The molecule has 6 rings (SSSR count). The second kappa shape index (κ2) is 15.6. The minimum absolute atomic E-state index is 0.0558. The lowest BCUT2D eigenvalue weighted by Gasteiger charge is -2.38. The number of amides is 3. The largest absolute Gasteiger partial charge is 0.416 e. The molecule has 0 aliphatic carbocycles. The number of ether oxygens (including phenoxy) is 1. The average molecular weight is 732 g/mol. The molecule has 3 atom stereocenters. The standard InChI is InChI=1S/C38H37F4N7O4/c1-3-48-35-31(30(24-12-14-27(39)15-13-24)32(37(48)52)44-34(50)25-8-7-9-26(22-25)38(40,41)42)33(45-49(35)28-10-5-4-6-11-28)36(51)46(2)29(23-43)16-17-47-18-20-53-21-19-47/h4-15,22,29-30,32H,3,16-21H2,1-2H3,(H,44,50)/t29-,30-,32-/m0/s1. The molecule has 2 aliphatic rings. The van der Waals surface area contributed by atoms with E-state index in [1.807, 2.05) is 0 Å². The lowest BCUT2D eigenvalue weighted by atomic mass is 9.80. The van der Waals surface area contributed by atoms with Crippen LogP contribution < -0.4 is 10.2 Å². The van der Waals surface area contributed by atoms with E-state index in [0.717, 1.165) is 12.1 Å². The van der Waals surface area contributed by atoms with Crippen LogP contribution in [0.5, 0.6) is 0 Å². The second-order valence-electron chi connectivity index (χ2n) is 12.8. The zero-order valence-electron chi connectivity index (χ0n) is 29.0. The number of alkyl halides is 3. The monoisotopic (exact) mass is 731 g/mol. The molecule has 0 radical (unpaired) electrons. The normalized spacial score (nSPS) is 18.2. The molecule has 1 fully saturated rings. The van der Waals surface area contributed by atoms with Crippen LogP contribution in [-0.2, 0) is 15.7 Å². The summed E-state index contributed by atoms with van der Waals surface area (Å²) in [5.41, 5.74) is -0.444. The molecule has 0 saturated carbocycles. The zero-order chi connectivity index (χ0) is 37.9. The summed E-state index contributed by atoms with van der Waals surface area (Å²) >= 11 is 0. The van der Waals surface area contributed by atoms with Crippen LogP contribution in [0.15, 0.2) is 78.9 Å². The number of para-hydroxylation sites is 1. The maximum absolute atomic E-state index is 14.6. The molecule has 1 N–H and O–H groups in total. The van der Waals surface area contributed by atoms with Crippen LogP contribution in [0.1, 0.15) is 56.8 Å². The minimum Gasteiger partial charge on any atom is -0.379 e. The number of benzene rings is 3. The van der Waals surface area contributed by atoms with Gasteiger partial charge in [-0.1, -0.05) is 36.4 Å². The van der Waals surface area contributed by atoms with Crippen LogP contribution >= 0.6 is 0 Å². The first-order valence-corrected chi connectivity index (χ1v) is 17.1. The number of fused-ring (bicyclic) bond motifs is 1. The predicted octanol–water partition coefficient (Wildman–Crippen LogP) is 5.01. The van der Waals surface area contributed by atoms with Crippen molar-refractivity contribution in [2.24, 2.45) is 0 Å². The third-order valence-corrected chi connectivity index (χ3v) is 9.58. The van der Waals surface area contributed by atoms with Gasteiger partial charge in [-0.25, -0.2) is 9.07 Å². The Hall–Kier alpha value is -5.59. The number of hydrogen-bond acceptors (Lipinski definition) is 7. The Bertz CT molecular complexity index is 2010. The number of anilines is 1. The van der Waals surface area contributed by atoms with E-state index in [1.165, 1.54) is 51.9 Å². The van der Waals surface area contributed by atoms with Crippen molar-refractivity contribution >= 4 is 23.5 Å². The number of aromatic nitrogens is 2. The first-order chi connectivity index (χ1) is 25.4. The van der Waals surface area contributed by atoms with Crippen molar-refractivity contribution < 1.29 is 36.7 Å². The number of nitrogens with zero attached hydrogens (tertiary/aromatic N) is 6. The van der Waals surface area contributed by atoms with Gasteiger partial charge >= 0.3 is 6.18 Å². The van der Waals surface area contributed by atoms with E-state index < -0.39 is 53.3 Å². The number of halogens is 4. The smallest absolute Gasteiger partial charge is 0.379 e. The van der Waals surface area contributed by atoms with Gasteiger partial charge in [0.15, 0.2) is 5.69 Å². The second-order valence-corrected chi connectivity index (χ2v) is 12.8. The van der Waals surface area contributed by atoms with E-state index in [4.69, 9.17) is 9.84 Å². The Morgan fingerprint density at radius 2 is 1.75 bits per heavy atom. The average Bonchev–Trinajstić information content (AvgIpc) is 3.56. The van der Waals surface area contributed by atoms with Crippen LogP contribution in [0.4, 0.5) is 23.4 Å². The van der Waals surface area contributed by atoms with Crippen LogP contribution in [0.3, 0.4) is 0 Å². The molecule has 0 unspecified atom stereocenters. The summed E-state index contributed by atoms with van der Waals surface area (Å²) in [6.45, 7) is 4.81. The molecular formula is C38H37F4N7O4. The highest BCUT2D eigenvalue weighted by Crippen LogP contribution is 2.44. The van der Waals surface area contributed by atoms with Crippen molar-refractivity contribution in [3.05, 3.63) is 113 Å². The van der Waals surface area contributed by atoms with Crippen LogP contribution in [0.2, 0.25) is 0 Å². The van der Waals surface area contributed by atoms with Crippen LogP contribution in [0.25, 0.3) is 5.69 Å². The van der Waals surface area contributed by atoms with E-state index in [2.05, 4.69) is 16.3 Å². The third-order valence-electron chi connectivity index (χ3n) is 9.58. The summed E-state index contributed by atoms with van der Waals surface area (Å²) in [5, 5.41) is 17.6. The third kappa shape index (κ3) is 7.65. The van der Waals surface area contributed by atoms with E-state index >= 15 is 0 Å². The number of hydrogen-bond donors (Lipinski definition) is 1. The first-order valence-electron chi connectivity index (χ1n) is 17.1. The maximum Gasteiger partial charge on any atom is 0.416 e. The van der Waals surface area contributed by atoms with Gasteiger partial charge < -0.3 is 15.0 Å². The summed E-state index contributed by atoms with van der Waals surface area (Å²) in [6, 6.07) is 17.6. The number of nitrogens with one attached hydrogen (secondary N) is 1. The van der Waals surface area contributed by atoms with Gasteiger partial charge in [0.25, 0.3) is 17.7 Å². The number of carbonyl (C=O) groups is 3.